The van der Waals surface area contributed by atoms with Crippen LogP contribution in [0.15, 0.2) is 48.5 Å². The van der Waals surface area contributed by atoms with E-state index in [0.717, 1.165) is 16.7 Å². The largest absolute Gasteiger partial charge is 0.354 e. The van der Waals surface area contributed by atoms with Crippen LogP contribution in [0.3, 0.4) is 0 Å². The average molecular weight is 434 g/mol. The SMILES string of the molecule is CCN1C[C@H](C(=O)N2CCNC(=O)[C@@H](Cc3ccccc3-c3ccc(C)cc3)C2)CC1=O. The molecule has 1 N–H and O–H groups in total. The van der Waals surface area contributed by atoms with E-state index < -0.39 is 0 Å². The van der Waals surface area contributed by atoms with Crippen molar-refractivity contribution in [2.45, 2.75) is 26.7 Å². The Morgan fingerprint density at radius 2 is 1.81 bits per heavy atom. The minimum Gasteiger partial charge on any atom is -0.354 e. The molecule has 0 unspecified atom stereocenters. The molecule has 6 nitrogen and oxygen atoms in total. The normalized spacial score (nSPS) is 21.4. The van der Waals surface area contributed by atoms with Gasteiger partial charge in [-0.2, -0.15) is 0 Å². The first-order valence-corrected chi connectivity index (χ1v) is 11.5. The van der Waals surface area contributed by atoms with E-state index in [4.69, 9.17) is 0 Å². The number of likely N-dealkylation sites (tertiary alicyclic amines) is 1. The van der Waals surface area contributed by atoms with E-state index in [0.29, 0.717) is 39.1 Å². The number of hydrogen-bond donors (Lipinski definition) is 1. The molecule has 0 bridgehead atoms. The molecule has 0 spiro atoms. The Kier molecular flexibility index (Phi) is 6.58. The maximum atomic E-state index is 13.2. The van der Waals surface area contributed by atoms with Gasteiger partial charge in [-0.1, -0.05) is 54.1 Å². The summed E-state index contributed by atoms with van der Waals surface area (Å²) in [5, 5.41) is 2.98. The molecular weight excluding hydrogens is 402 g/mol. The van der Waals surface area contributed by atoms with Crippen molar-refractivity contribution in [1.82, 2.24) is 15.1 Å². The van der Waals surface area contributed by atoms with Crippen LogP contribution >= 0.6 is 0 Å². The molecular formula is C26H31N3O3. The zero-order chi connectivity index (χ0) is 22.7. The predicted octanol–water partition coefficient (Wildman–Crippen LogP) is 2.65. The second kappa shape index (κ2) is 9.55. The summed E-state index contributed by atoms with van der Waals surface area (Å²) in [5.41, 5.74) is 4.54. The van der Waals surface area contributed by atoms with Crippen molar-refractivity contribution in [3.8, 4) is 11.1 Å². The second-order valence-electron chi connectivity index (χ2n) is 8.83. The topological polar surface area (TPSA) is 69.7 Å². The summed E-state index contributed by atoms with van der Waals surface area (Å²) in [4.78, 5) is 41.7. The summed E-state index contributed by atoms with van der Waals surface area (Å²) >= 11 is 0. The second-order valence-corrected chi connectivity index (χ2v) is 8.83. The number of nitrogens with one attached hydrogen (secondary N) is 1. The Hall–Kier alpha value is -3.15. The van der Waals surface area contributed by atoms with Crippen LogP contribution in [0.1, 0.15) is 24.5 Å². The number of aryl methyl sites for hydroxylation is 1. The lowest BCUT2D eigenvalue weighted by atomic mass is 9.91. The standard InChI is InChI=1S/C26H31N3O3/c1-3-28-17-22(15-24(28)30)26(32)29-13-12-27-25(31)21(16-29)14-20-6-4-5-7-23(20)19-10-8-18(2)9-11-19/h4-11,21-22H,3,12-17H2,1-2H3,(H,27,31)/t21-,22+/m0/s1. The van der Waals surface area contributed by atoms with E-state index in [2.05, 4.69) is 48.6 Å². The molecule has 168 valence electrons. The molecule has 2 aromatic rings. The quantitative estimate of drug-likeness (QED) is 0.788. The van der Waals surface area contributed by atoms with Gasteiger partial charge in [-0.25, -0.2) is 0 Å². The number of rotatable bonds is 5. The number of hydrogen-bond acceptors (Lipinski definition) is 3. The van der Waals surface area contributed by atoms with Gasteiger partial charge in [0.1, 0.15) is 0 Å². The van der Waals surface area contributed by atoms with Crippen LogP contribution in [0.4, 0.5) is 0 Å². The van der Waals surface area contributed by atoms with Crippen LogP contribution in [-0.2, 0) is 20.8 Å². The van der Waals surface area contributed by atoms with Gasteiger partial charge in [0.15, 0.2) is 0 Å². The molecule has 0 aliphatic carbocycles. The van der Waals surface area contributed by atoms with Crippen molar-refractivity contribution in [3.63, 3.8) is 0 Å². The summed E-state index contributed by atoms with van der Waals surface area (Å²) in [6.07, 6.45) is 0.829. The van der Waals surface area contributed by atoms with Crippen molar-refractivity contribution < 1.29 is 14.4 Å². The Bertz CT molecular complexity index is 1000. The predicted molar refractivity (Wildman–Crippen MR) is 124 cm³/mol. The highest BCUT2D eigenvalue weighted by Gasteiger charge is 2.37. The zero-order valence-electron chi connectivity index (χ0n) is 18.8. The molecule has 32 heavy (non-hydrogen) atoms. The molecule has 2 aliphatic rings. The molecule has 2 aromatic carbocycles. The summed E-state index contributed by atoms with van der Waals surface area (Å²) in [7, 11) is 0. The number of nitrogens with zero attached hydrogens (tertiary/aromatic N) is 2. The van der Waals surface area contributed by atoms with Gasteiger partial charge in [-0.05, 0) is 37.0 Å². The highest BCUT2D eigenvalue weighted by molar-refractivity contribution is 5.90. The first-order chi connectivity index (χ1) is 15.5. The fraction of sp³-hybridized carbons (Fsp3) is 0.423. The third-order valence-electron chi connectivity index (χ3n) is 6.60. The third-order valence-corrected chi connectivity index (χ3v) is 6.60. The Morgan fingerprint density at radius 3 is 2.53 bits per heavy atom. The Balaban J connectivity index is 1.52. The van der Waals surface area contributed by atoms with Crippen molar-refractivity contribution in [3.05, 3.63) is 59.7 Å². The van der Waals surface area contributed by atoms with Gasteiger partial charge in [0.05, 0.1) is 11.8 Å². The van der Waals surface area contributed by atoms with Gasteiger partial charge in [0, 0.05) is 39.1 Å². The molecule has 2 atom stereocenters. The Labute approximate surface area is 189 Å². The fourth-order valence-electron chi connectivity index (χ4n) is 4.74. The van der Waals surface area contributed by atoms with E-state index in [9.17, 15) is 14.4 Å². The van der Waals surface area contributed by atoms with Gasteiger partial charge >= 0.3 is 0 Å². The van der Waals surface area contributed by atoms with Crippen LogP contribution in [0.2, 0.25) is 0 Å². The third kappa shape index (κ3) is 4.69. The smallest absolute Gasteiger partial charge is 0.228 e. The van der Waals surface area contributed by atoms with Crippen LogP contribution < -0.4 is 5.32 Å². The number of carbonyl (C=O) groups is 3. The van der Waals surface area contributed by atoms with E-state index >= 15 is 0 Å². The zero-order valence-corrected chi connectivity index (χ0v) is 18.8. The lowest BCUT2D eigenvalue weighted by Gasteiger charge is -2.26. The average Bonchev–Trinajstić information content (AvgIpc) is 3.08. The van der Waals surface area contributed by atoms with Crippen LogP contribution in [-0.4, -0.2) is 60.2 Å². The molecule has 3 amide bonds. The first kappa shape index (κ1) is 22.1. The van der Waals surface area contributed by atoms with E-state index in [1.54, 1.807) is 9.80 Å². The molecule has 2 saturated heterocycles. The summed E-state index contributed by atoms with van der Waals surface area (Å²) in [6.45, 7) is 6.41. The molecule has 4 rings (SSSR count). The van der Waals surface area contributed by atoms with Crippen molar-refractivity contribution in [2.75, 3.05) is 32.7 Å². The molecule has 2 aliphatic heterocycles. The first-order valence-electron chi connectivity index (χ1n) is 11.5. The van der Waals surface area contributed by atoms with Gasteiger partial charge in [-0.15, -0.1) is 0 Å². The van der Waals surface area contributed by atoms with Crippen molar-refractivity contribution in [1.29, 1.82) is 0 Å². The van der Waals surface area contributed by atoms with E-state index in [-0.39, 0.29) is 36.0 Å². The van der Waals surface area contributed by atoms with Gasteiger partial charge in [0.25, 0.3) is 0 Å². The summed E-state index contributed by atoms with van der Waals surface area (Å²) in [5.74, 6) is -0.624. The van der Waals surface area contributed by atoms with Gasteiger partial charge < -0.3 is 15.1 Å². The van der Waals surface area contributed by atoms with Crippen LogP contribution in [0, 0.1) is 18.8 Å². The van der Waals surface area contributed by atoms with E-state index in [1.807, 2.05) is 19.1 Å². The molecule has 0 radical (unpaired) electrons. The fourth-order valence-corrected chi connectivity index (χ4v) is 4.74. The lowest BCUT2D eigenvalue weighted by molar-refractivity contribution is -0.136. The maximum Gasteiger partial charge on any atom is 0.228 e. The summed E-state index contributed by atoms with van der Waals surface area (Å²) < 4.78 is 0. The number of amides is 3. The monoisotopic (exact) mass is 433 g/mol. The lowest BCUT2D eigenvalue weighted by Crippen LogP contribution is -2.41. The van der Waals surface area contributed by atoms with Crippen LogP contribution in [0.25, 0.3) is 11.1 Å². The molecule has 2 fully saturated rings. The van der Waals surface area contributed by atoms with Crippen molar-refractivity contribution >= 4 is 17.7 Å². The number of benzene rings is 2. The minimum atomic E-state index is -0.326. The van der Waals surface area contributed by atoms with E-state index in [1.165, 1.54) is 5.56 Å². The minimum absolute atomic E-state index is 0.0115. The number of carbonyl (C=O) groups excluding carboxylic acids is 3. The van der Waals surface area contributed by atoms with Crippen molar-refractivity contribution in [2.24, 2.45) is 11.8 Å². The molecule has 6 heteroatoms. The maximum absolute atomic E-state index is 13.2. The Morgan fingerprint density at radius 1 is 1.06 bits per heavy atom. The van der Waals surface area contributed by atoms with Gasteiger partial charge in [-0.3, -0.25) is 14.4 Å². The molecule has 0 saturated carbocycles. The summed E-state index contributed by atoms with van der Waals surface area (Å²) in [6, 6.07) is 16.5. The highest BCUT2D eigenvalue weighted by atomic mass is 16.2. The molecule has 2 heterocycles. The van der Waals surface area contributed by atoms with Crippen LogP contribution in [0.5, 0.6) is 0 Å². The highest BCUT2D eigenvalue weighted by Crippen LogP contribution is 2.27. The van der Waals surface area contributed by atoms with Gasteiger partial charge in [0.2, 0.25) is 17.7 Å². The molecule has 0 aromatic heterocycles.